The second-order valence-electron chi connectivity index (χ2n) is 7.74. The van der Waals surface area contributed by atoms with E-state index >= 15 is 0 Å². The first-order chi connectivity index (χ1) is 13.9. The van der Waals surface area contributed by atoms with Crippen LogP contribution in [0.5, 0.6) is 0 Å². The van der Waals surface area contributed by atoms with Crippen LogP contribution >= 0.6 is 0 Å². The standard InChI is InChI=1S/C20H24F2N6O.CH4.CH3.Y/c1-13-7-15(22)16(8-14(13)21)28-10-19(29)26-20(11-28)3-5-27(6-4-20)18-9-17(23-2)24-12-25-18;;;/h7-9,12H,3-6,10-11H2,1-2H3,(H,26,29)(H,23,24,25);1H4;1H3;/q;;-1;. The van der Waals surface area contributed by atoms with Crippen LogP contribution in [-0.2, 0) is 37.5 Å². The molecular formula is C22H31F2N6OY-. The summed E-state index contributed by atoms with van der Waals surface area (Å²) in [6.07, 6.45) is 2.89. The van der Waals surface area contributed by atoms with E-state index in [1.165, 1.54) is 25.4 Å². The van der Waals surface area contributed by atoms with Crippen LogP contribution in [0.3, 0.4) is 0 Å². The molecule has 10 heteroatoms. The number of hydrogen-bond donors (Lipinski definition) is 2. The van der Waals surface area contributed by atoms with Crippen LogP contribution in [0.2, 0.25) is 0 Å². The number of carbonyl (C=O) groups is 1. The van der Waals surface area contributed by atoms with E-state index in [0.717, 1.165) is 11.6 Å². The van der Waals surface area contributed by atoms with Gasteiger partial charge in [-0.05, 0) is 31.4 Å². The molecule has 2 N–H and O–H groups in total. The average molecular weight is 522 g/mol. The zero-order valence-corrected chi connectivity index (χ0v) is 20.9. The molecule has 4 rings (SSSR count). The minimum atomic E-state index is -0.508. The summed E-state index contributed by atoms with van der Waals surface area (Å²) in [6, 6.07) is 4.25. The van der Waals surface area contributed by atoms with Gasteiger partial charge in [0.1, 0.15) is 29.6 Å². The summed E-state index contributed by atoms with van der Waals surface area (Å²) < 4.78 is 28.5. The predicted octanol–water partition coefficient (Wildman–Crippen LogP) is 3.16. The van der Waals surface area contributed by atoms with Crippen LogP contribution < -0.4 is 20.4 Å². The van der Waals surface area contributed by atoms with Crippen molar-refractivity contribution in [2.75, 3.05) is 48.3 Å². The van der Waals surface area contributed by atoms with E-state index in [1.807, 2.05) is 6.07 Å². The minimum absolute atomic E-state index is 0. The van der Waals surface area contributed by atoms with Gasteiger partial charge in [0.05, 0.1) is 17.8 Å². The summed E-state index contributed by atoms with van der Waals surface area (Å²) in [5.41, 5.74) is -0.0841. The number of benzene rings is 1. The van der Waals surface area contributed by atoms with Gasteiger partial charge in [0.15, 0.2) is 0 Å². The molecule has 0 saturated carbocycles. The van der Waals surface area contributed by atoms with Crippen LogP contribution in [0.25, 0.3) is 0 Å². The van der Waals surface area contributed by atoms with Crippen molar-refractivity contribution in [3.05, 3.63) is 49.2 Å². The third kappa shape index (κ3) is 5.73. The zero-order valence-electron chi connectivity index (χ0n) is 18.1. The first kappa shape index (κ1) is 28.2. The molecule has 2 aliphatic rings. The van der Waals surface area contributed by atoms with Gasteiger partial charge >= 0.3 is 0 Å². The van der Waals surface area contributed by atoms with Crippen molar-refractivity contribution in [2.45, 2.75) is 32.7 Å². The van der Waals surface area contributed by atoms with Crippen LogP contribution in [0.4, 0.5) is 26.1 Å². The minimum Gasteiger partial charge on any atom is -0.373 e. The van der Waals surface area contributed by atoms with Gasteiger partial charge in [-0.2, -0.15) is 0 Å². The molecule has 1 spiro atoms. The van der Waals surface area contributed by atoms with Crippen LogP contribution in [-0.4, -0.2) is 54.6 Å². The first-order valence-electron chi connectivity index (χ1n) is 9.65. The fourth-order valence-corrected chi connectivity index (χ4v) is 4.12. The smallest absolute Gasteiger partial charge is 0.240 e. The molecule has 0 unspecified atom stereocenters. The molecule has 7 nitrogen and oxygen atoms in total. The van der Waals surface area contributed by atoms with E-state index in [2.05, 4.69) is 25.5 Å². The van der Waals surface area contributed by atoms with Gasteiger partial charge in [-0.3, -0.25) is 4.79 Å². The molecule has 0 aliphatic carbocycles. The number of halogens is 2. The second-order valence-corrected chi connectivity index (χ2v) is 7.74. The van der Waals surface area contributed by atoms with Gasteiger partial charge in [-0.25, -0.2) is 18.7 Å². The molecule has 2 saturated heterocycles. The van der Waals surface area contributed by atoms with Crippen LogP contribution in [0.1, 0.15) is 25.8 Å². The maximum atomic E-state index is 14.5. The maximum Gasteiger partial charge on any atom is 0.240 e. The fraction of sp³-hybridized carbons (Fsp3) is 0.455. The quantitative estimate of drug-likeness (QED) is 0.604. The van der Waals surface area contributed by atoms with E-state index < -0.39 is 17.2 Å². The Kier molecular flexibility index (Phi) is 9.96. The van der Waals surface area contributed by atoms with Crippen molar-refractivity contribution >= 4 is 23.2 Å². The number of carbonyl (C=O) groups excluding carboxylic acids is 1. The Labute approximate surface area is 214 Å². The molecule has 1 aromatic carbocycles. The third-order valence-electron chi connectivity index (χ3n) is 5.75. The third-order valence-corrected chi connectivity index (χ3v) is 5.75. The molecule has 3 heterocycles. The van der Waals surface area contributed by atoms with Crippen molar-refractivity contribution in [2.24, 2.45) is 0 Å². The largest absolute Gasteiger partial charge is 0.373 e. The molecule has 1 aromatic heterocycles. The van der Waals surface area contributed by atoms with Crippen molar-refractivity contribution in [1.82, 2.24) is 15.3 Å². The maximum absolute atomic E-state index is 14.5. The molecule has 1 radical (unpaired) electrons. The van der Waals surface area contributed by atoms with E-state index in [9.17, 15) is 13.6 Å². The summed E-state index contributed by atoms with van der Waals surface area (Å²) in [7, 11) is 1.80. The van der Waals surface area contributed by atoms with Crippen molar-refractivity contribution in [3.63, 3.8) is 0 Å². The summed E-state index contributed by atoms with van der Waals surface area (Å²) in [5.74, 6) is 0.408. The Morgan fingerprint density at radius 2 is 1.78 bits per heavy atom. The predicted molar refractivity (Wildman–Crippen MR) is 120 cm³/mol. The molecule has 32 heavy (non-hydrogen) atoms. The Balaban J connectivity index is 0.00000171. The number of hydrogen-bond acceptors (Lipinski definition) is 6. The van der Waals surface area contributed by atoms with Crippen molar-refractivity contribution in [3.8, 4) is 0 Å². The molecule has 2 fully saturated rings. The van der Waals surface area contributed by atoms with Gasteiger partial charge in [0.2, 0.25) is 5.91 Å². The molecule has 0 atom stereocenters. The van der Waals surface area contributed by atoms with Gasteiger partial charge in [0.25, 0.3) is 0 Å². The Hall–Kier alpha value is -1.87. The van der Waals surface area contributed by atoms with Gasteiger partial charge < -0.3 is 27.9 Å². The Bertz CT molecular complexity index is 937. The Morgan fingerprint density at radius 3 is 2.44 bits per heavy atom. The number of piperidine rings is 1. The van der Waals surface area contributed by atoms with Crippen molar-refractivity contribution < 1.29 is 46.3 Å². The molecule has 2 aliphatic heterocycles. The number of aromatic nitrogens is 2. The van der Waals surface area contributed by atoms with E-state index in [1.54, 1.807) is 11.9 Å². The average Bonchev–Trinajstić information content (AvgIpc) is 2.70. The van der Waals surface area contributed by atoms with Gasteiger partial charge in [0, 0.05) is 71.5 Å². The fourth-order valence-electron chi connectivity index (χ4n) is 4.12. The molecular weight excluding hydrogens is 491 g/mol. The SMILES string of the molecule is C.CNc1cc(N2CCC3(CC2)CN(c2cc(F)c(C)cc2F)CC(=O)N3)ncn1.[CH3-].[Y]. The zero-order chi connectivity index (χ0) is 20.6. The summed E-state index contributed by atoms with van der Waals surface area (Å²) in [6.45, 7) is 3.37. The summed E-state index contributed by atoms with van der Waals surface area (Å²) >= 11 is 0. The number of rotatable bonds is 3. The second kappa shape index (κ2) is 11.3. The number of amides is 1. The number of nitrogens with one attached hydrogen (secondary N) is 2. The number of piperazine rings is 1. The van der Waals surface area contributed by atoms with Crippen LogP contribution in [0, 0.1) is 26.0 Å². The van der Waals surface area contributed by atoms with E-state index in [4.69, 9.17) is 0 Å². The van der Waals surface area contributed by atoms with Gasteiger partial charge in [-0.15, -0.1) is 0 Å². The van der Waals surface area contributed by atoms with E-state index in [-0.39, 0.29) is 71.3 Å². The normalized spacial score (nSPS) is 16.9. The number of anilines is 3. The molecule has 173 valence electrons. The van der Waals surface area contributed by atoms with Crippen LogP contribution in [0.15, 0.2) is 24.5 Å². The monoisotopic (exact) mass is 522 g/mol. The molecule has 1 amide bonds. The number of aryl methyl sites for hydroxylation is 1. The topological polar surface area (TPSA) is 73.4 Å². The van der Waals surface area contributed by atoms with Crippen molar-refractivity contribution in [1.29, 1.82) is 0 Å². The summed E-state index contributed by atoms with van der Waals surface area (Å²) in [4.78, 5) is 24.7. The number of nitrogens with zero attached hydrogens (tertiary/aromatic N) is 4. The van der Waals surface area contributed by atoms with Gasteiger partial charge in [-0.1, -0.05) is 7.43 Å². The first-order valence-corrected chi connectivity index (χ1v) is 9.65. The Morgan fingerprint density at radius 1 is 1.09 bits per heavy atom. The molecule has 0 bridgehead atoms. The molecule has 2 aromatic rings. The summed E-state index contributed by atoms with van der Waals surface area (Å²) in [5, 5.41) is 6.10. The van der Waals surface area contributed by atoms with E-state index in [0.29, 0.717) is 32.5 Å².